The number of halogens is 1. The van der Waals surface area contributed by atoms with Gasteiger partial charge in [-0.2, -0.15) is 0 Å². The Kier molecular flexibility index (Phi) is 15.2. The van der Waals surface area contributed by atoms with Crippen molar-refractivity contribution in [3.05, 3.63) is 77.2 Å². The Balaban J connectivity index is 1.01. The van der Waals surface area contributed by atoms with Gasteiger partial charge in [-0.3, -0.25) is 24.1 Å². The van der Waals surface area contributed by atoms with Crippen LogP contribution in [0.2, 0.25) is 0 Å². The molecule has 2 atom stereocenters. The smallest absolute Gasteiger partial charge is 0.419 e. The van der Waals surface area contributed by atoms with Crippen LogP contribution in [0.25, 0.3) is 21.9 Å². The van der Waals surface area contributed by atoms with Gasteiger partial charge in [0.05, 0.1) is 56.3 Å². The molecule has 0 aliphatic carbocycles. The van der Waals surface area contributed by atoms with Crippen LogP contribution in [-0.4, -0.2) is 110 Å². The highest BCUT2D eigenvalue weighted by molar-refractivity contribution is 8.77. The number of aromatic nitrogens is 1. The number of H-pyrrole nitrogens is 1. The number of furan rings is 1. The molecule has 348 valence electrons. The van der Waals surface area contributed by atoms with Crippen molar-refractivity contribution in [2.75, 3.05) is 63.3 Å². The molecular formula is C45H46ClN5O13S2. The van der Waals surface area contributed by atoms with Gasteiger partial charge in [-0.25, -0.2) is 14.4 Å². The molecule has 0 saturated carbocycles. The van der Waals surface area contributed by atoms with E-state index in [0.717, 1.165) is 0 Å². The Morgan fingerprint density at radius 2 is 1.79 bits per heavy atom. The average molecular weight is 964 g/mol. The number of nitrogens with zero attached hydrogens (tertiary/aromatic N) is 3. The van der Waals surface area contributed by atoms with E-state index in [1.807, 2.05) is 19.1 Å². The number of para-hydroxylation sites is 1. The molecule has 2 N–H and O–H groups in total. The number of methoxy groups -OCH3 is 2. The number of aryl methyl sites for hydroxylation is 1. The van der Waals surface area contributed by atoms with Crippen molar-refractivity contribution < 1.29 is 61.8 Å². The summed E-state index contributed by atoms with van der Waals surface area (Å²) >= 11 is 6.56. The third-order valence-corrected chi connectivity index (χ3v) is 14.1. The van der Waals surface area contributed by atoms with Crippen LogP contribution < -0.4 is 24.6 Å². The molecule has 0 bridgehead atoms. The molecule has 1 fully saturated rings. The van der Waals surface area contributed by atoms with Gasteiger partial charge in [0.25, 0.3) is 17.7 Å². The Morgan fingerprint density at radius 1 is 1.03 bits per heavy atom. The fraction of sp³-hybridized carbons (Fsp3) is 0.356. The summed E-state index contributed by atoms with van der Waals surface area (Å²) in [6, 6.07) is 15.6. The van der Waals surface area contributed by atoms with Gasteiger partial charge < -0.3 is 43.4 Å². The second-order valence-electron chi connectivity index (χ2n) is 15.3. The number of alkyl halides is 1. The summed E-state index contributed by atoms with van der Waals surface area (Å²) in [5, 5.41) is 4.19. The number of fused-ring (bicyclic) bond motifs is 4. The SMILES string of the molecule is COC(=O)c1c(C)[nH]c2c(OC(=O)N(C)c3ccccc3SSC(C)CC(=O)NCCOCCC(=O)ON3C(=O)CCC3=O)cc3c(c12)[C@H](CCl)CN3C(=O)c1cc2cc(OC)ccc2o1. The molecule has 0 spiro atoms. The van der Waals surface area contributed by atoms with Gasteiger partial charge in [0.15, 0.2) is 11.5 Å². The van der Waals surface area contributed by atoms with E-state index < -0.39 is 41.7 Å². The van der Waals surface area contributed by atoms with Gasteiger partial charge in [-0.1, -0.05) is 40.6 Å². The van der Waals surface area contributed by atoms with Crippen LogP contribution >= 0.6 is 33.2 Å². The minimum absolute atomic E-state index is 0.00453. The quantitative estimate of drug-likeness (QED) is 0.0290. The maximum Gasteiger partial charge on any atom is 0.419 e. The van der Waals surface area contributed by atoms with Gasteiger partial charge in [-0.15, -0.1) is 16.7 Å². The molecule has 1 saturated heterocycles. The molecule has 4 heterocycles. The topological polar surface area (TPSA) is 216 Å². The molecule has 66 heavy (non-hydrogen) atoms. The summed E-state index contributed by atoms with van der Waals surface area (Å²) in [7, 11) is 7.19. The number of hydrogen-bond donors (Lipinski definition) is 2. The number of imide groups is 1. The Labute approximate surface area is 391 Å². The van der Waals surface area contributed by atoms with Crippen molar-refractivity contribution in [2.45, 2.75) is 55.6 Å². The Hall–Kier alpha value is -6.22. The summed E-state index contributed by atoms with van der Waals surface area (Å²) in [6.07, 6.45) is -0.755. The van der Waals surface area contributed by atoms with Crippen LogP contribution in [0.5, 0.6) is 11.5 Å². The van der Waals surface area contributed by atoms with E-state index in [1.165, 1.54) is 38.5 Å². The standard InChI is InChI=1S/C45H46ClN5O13S2/c1-24(18-35(52)47-15-17-61-16-14-38(55)64-51-36(53)12-13-37(51)54)65-66-34-9-7-6-8-29(34)49(3)45(58)63-32-21-30-40(41-39(44(57)60-5)25(2)48-42(32)41)27(22-46)23-50(30)43(56)33-20-26-19-28(59-4)10-11-31(26)62-33/h6-11,19-21,24,27,48H,12-18,22-23H2,1-5H3,(H,47,52)/t24?,27-/m1/s1. The maximum absolute atomic E-state index is 14.3. The van der Waals surface area contributed by atoms with Gasteiger partial charge in [-0.05, 0) is 48.9 Å². The second kappa shape index (κ2) is 21.0. The number of ether oxygens (including phenoxy) is 4. The number of rotatable bonds is 18. The Bertz CT molecular complexity index is 2710. The summed E-state index contributed by atoms with van der Waals surface area (Å²) in [6.45, 7) is 4.05. The number of carbonyl (C=O) groups excluding carboxylic acids is 7. The highest BCUT2D eigenvalue weighted by Gasteiger charge is 2.39. The molecule has 18 nitrogen and oxygen atoms in total. The second-order valence-corrected chi connectivity index (χ2v) is 18.3. The van der Waals surface area contributed by atoms with Crippen molar-refractivity contribution in [2.24, 2.45) is 0 Å². The molecule has 2 aliphatic heterocycles. The van der Waals surface area contributed by atoms with Crippen molar-refractivity contribution in [1.82, 2.24) is 15.4 Å². The molecule has 2 aliphatic rings. The number of hydroxylamine groups is 2. The fourth-order valence-electron chi connectivity index (χ4n) is 7.56. The number of carbonyl (C=O) groups is 7. The third-order valence-electron chi connectivity index (χ3n) is 10.8. The lowest BCUT2D eigenvalue weighted by molar-refractivity contribution is -0.198. The van der Waals surface area contributed by atoms with E-state index in [2.05, 4.69) is 10.3 Å². The number of esters is 1. The number of aromatic amines is 1. The van der Waals surface area contributed by atoms with E-state index >= 15 is 0 Å². The molecule has 3 aromatic carbocycles. The number of anilines is 2. The first-order valence-corrected chi connectivity index (χ1v) is 23.5. The van der Waals surface area contributed by atoms with Gasteiger partial charge in [0.2, 0.25) is 5.91 Å². The van der Waals surface area contributed by atoms with Crippen molar-refractivity contribution in [3.63, 3.8) is 0 Å². The van der Waals surface area contributed by atoms with Crippen LogP contribution in [0.15, 0.2) is 63.9 Å². The van der Waals surface area contributed by atoms with Crippen molar-refractivity contribution in [3.8, 4) is 11.5 Å². The maximum atomic E-state index is 14.3. The molecule has 5 amide bonds. The molecule has 21 heteroatoms. The number of benzene rings is 3. The van der Waals surface area contributed by atoms with E-state index in [9.17, 15) is 33.6 Å². The van der Waals surface area contributed by atoms with Crippen LogP contribution in [0, 0.1) is 6.92 Å². The van der Waals surface area contributed by atoms with Gasteiger partial charge in [0, 0.05) is 83.9 Å². The molecule has 7 rings (SSSR count). The first kappa shape index (κ1) is 47.7. The largest absolute Gasteiger partial charge is 0.497 e. The predicted molar refractivity (Wildman–Crippen MR) is 246 cm³/mol. The number of nitrogens with one attached hydrogen (secondary N) is 2. The molecule has 0 radical (unpaired) electrons. The first-order valence-electron chi connectivity index (χ1n) is 20.7. The van der Waals surface area contributed by atoms with Crippen LogP contribution in [0.1, 0.15) is 70.7 Å². The minimum Gasteiger partial charge on any atom is -0.497 e. The van der Waals surface area contributed by atoms with E-state index in [-0.39, 0.29) is 86.1 Å². The lowest BCUT2D eigenvalue weighted by Gasteiger charge is -2.21. The van der Waals surface area contributed by atoms with Crippen LogP contribution in [0.3, 0.4) is 0 Å². The third kappa shape index (κ3) is 10.3. The van der Waals surface area contributed by atoms with Crippen LogP contribution in [0.4, 0.5) is 16.2 Å². The summed E-state index contributed by atoms with van der Waals surface area (Å²) in [5.41, 5.74) is 3.04. The first-order chi connectivity index (χ1) is 31.7. The molecular weight excluding hydrogens is 918 g/mol. The zero-order valence-electron chi connectivity index (χ0n) is 36.6. The molecule has 5 aromatic rings. The minimum atomic E-state index is -0.774. The predicted octanol–water partition coefficient (Wildman–Crippen LogP) is 7.28. The summed E-state index contributed by atoms with van der Waals surface area (Å²) < 4.78 is 28.0. The monoisotopic (exact) mass is 963 g/mol. The van der Waals surface area contributed by atoms with E-state index in [4.69, 9.17) is 39.8 Å². The van der Waals surface area contributed by atoms with Crippen LogP contribution in [-0.2, 0) is 33.5 Å². The number of hydrogen-bond acceptors (Lipinski definition) is 15. The zero-order chi connectivity index (χ0) is 47.2. The lowest BCUT2D eigenvalue weighted by atomic mass is 9.95. The lowest BCUT2D eigenvalue weighted by Crippen LogP contribution is -2.32. The van der Waals surface area contributed by atoms with E-state index in [1.54, 1.807) is 63.5 Å². The fourth-order valence-corrected chi connectivity index (χ4v) is 10.2. The molecule has 2 aromatic heterocycles. The number of amides is 5. The zero-order valence-corrected chi connectivity index (χ0v) is 38.9. The summed E-state index contributed by atoms with van der Waals surface area (Å²) in [4.78, 5) is 101. The Morgan fingerprint density at radius 3 is 2.52 bits per heavy atom. The summed E-state index contributed by atoms with van der Waals surface area (Å²) in [5.74, 6) is -2.78. The average Bonchev–Trinajstić information content (AvgIpc) is 4.08. The van der Waals surface area contributed by atoms with Crippen molar-refractivity contribution in [1.29, 1.82) is 0 Å². The van der Waals surface area contributed by atoms with Gasteiger partial charge in [0.1, 0.15) is 11.3 Å². The van der Waals surface area contributed by atoms with Crippen molar-refractivity contribution >= 4 is 108 Å². The highest BCUT2D eigenvalue weighted by Crippen LogP contribution is 2.48. The normalized spacial score (nSPS) is 15.0. The highest BCUT2D eigenvalue weighted by atomic mass is 35.5. The molecule has 1 unspecified atom stereocenters. The van der Waals surface area contributed by atoms with E-state index in [0.29, 0.717) is 60.2 Å². The van der Waals surface area contributed by atoms with Gasteiger partial charge >= 0.3 is 18.0 Å².